The first-order valence-electron chi connectivity index (χ1n) is 10.5. The van der Waals surface area contributed by atoms with Gasteiger partial charge in [-0.3, -0.25) is 14.6 Å². The Labute approximate surface area is 201 Å². The lowest BCUT2D eigenvalue weighted by Crippen LogP contribution is -2.36. The largest absolute Gasteiger partial charge is 0.378 e. The van der Waals surface area contributed by atoms with Crippen LogP contribution in [0.15, 0.2) is 82.5 Å². The number of aromatic nitrogens is 3. The molecule has 2 aromatic carbocycles. The van der Waals surface area contributed by atoms with Crippen LogP contribution in [0.1, 0.15) is 5.56 Å². The molecule has 0 unspecified atom stereocenters. The quantitative estimate of drug-likeness (QED) is 0.291. The van der Waals surface area contributed by atoms with E-state index in [1.54, 1.807) is 13.3 Å². The number of amides is 1. The third-order valence-corrected chi connectivity index (χ3v) is 5.87. The molecule has 1 amide bonds. The van der Waals surface area contributed by atoms with Crippen LogP contribution in [0.3, 0.4) is 0 Å². The Bertz CT molecular complexity index is 1300. The van der Waals surface area contributed by atoms with Gasteiger partial charge in [0.05, 0.1) is 17.0 Å². The van der Waals surface area contributed by atoms with Crippen LogP contribution in [-0.2, 0) is 16.1 Å². The van der Waals surface area contributed by atoms with Crippen LogP contribution in [0.4, 0.5) is 5.88 Å². The highest BCUT2D eigenvalue weighted by Crippen LogP contribution is 2.34. The van der Waals surface area contributed by atoms with Gasteiger partial charge in [0, 0.05) is 18.2 Å². The molecule has 4 rings (SSSR count). The Morgan fingerprint density at radius 2 is 1.85 bits per heavy atom. The van der Waals surface area contributed by atoms with Gasteiger partial charge in [-0.1, -0.05) is 72.4 Å². The van der Waals surface area contributed by atoms with Crippen LogP contribution >= 0.6 is 11.8 Å². The SMILES string of the molecule is COCC[n+]1cc(NC(=O)CSc2nc(-c3ccccc3)cc(-c3ccccc3)c2C#N)on1. The van der Waals surface area contributed by atoms with Gasteiger partial charge in [-0.15, -0.1) is 0 Å². The predicted octanol–water partition coefficient (Wildman–Crippen LogP) is 3.94. The fourth-order valence-electron chi connectivity index (χ4n) is 3.27. The minimum Gasteiger partial charge on any atom is -0.378 e. The summed E-state index contributed by atoms with van der Waals surface area (Å²) >= 11 is 1.20. The number of hydrogen-bond acceptors (Lipinski definition) is 7. The Balaban J connectivity index is 1.58. The normalized spacial score (nSPS) is 10.6. The molecule has 4 aromatic rings. The molecular weight excluding hydrogens is 450 g/mol. The van der Waals surface area contributed by atoms with E-state index in [4.69, 9.17) is 14.2 Å². The van der Waals surface area contributed by atoms with E-state index < -0.39 is 0 Å². The van der Waals surface area contributed by atoms with E-state index in [0.717, 1.165) is 22.4 Å². The highest BCUT2D eigenvalue weighted by Gasteiger charge is 2.18. The van der Waals surface area contributed by atoms with Gasteiger partial charge in [0.25, 0.3) is 6.20 Å². The molecule has 9 heteroatoms. The molecule has 34 heavy (non-hydrogen) atoms. The number of ether oxygens (including phenoxy) is 1. The highest BCUT2D eigenvalue weighted by molar-refractivity contribution is 8.00. The number of nitrogens with zero attached hydrogens (tertiary/aromatic N) is 4. The van der Waals surface area contributed by atoms with Crippen molar-refractivity contribution in [2.24, 2.45) is 0 Å². The van der Waals surface area contributed by atoms with Crippen LogP contribution in [0.25, 0.3) is 22.4 Å². The molecule has 1 N–H and O–H groups in total. The number of carbonyl (C=O) groups is 1. The van der Waals surface area contributed by atoms with E-state index >= 15 is 0 Å². The molecule has 0 bridgehead atoms. The molecule has 0 spiro atoms. The van der Waals surface area contributed by atoms with Crippen molar-refractivity contribution in [1.29, 1.82) is 5.26 Å². The number of pyridine rings is 1. The van der Waals surface area contributed by atoms with Gasteiger partial charge in [-0.05, 0) is 16.3 Å². The zero-order valence-electron chi connectivity index (χ0n) is 18.5. The van der Waals surface area contributed by atoms with Gasteiger partial charge < -0.3 is 4.74 Å². The molecule has 0 saturated heterocycles. The topological polar surface area (TPSA) is 105 Å². The average Bonchev–Trinajstić information content (AvgIpc) is 3.33. The van der Waals surface area contributed by atoms with E-state index in [1.807, 2.05) is 66.7 Å². The van der Waals surface area contributed by atoms with Crippen LogP contribution in [-0.4, -0.2) is 35.6 Å². The number of nitriles is 1. The summed E-state index contributed by atoms with van der Waals surface area (Å²) in [4.78, 5) is 17.3. The smallest absolute Gasteiger partial charge is 0.302 e. The molecule has 0 aliphatic rings. The van der Waals surface area contributed by atoms with Crippen molar-refractivity contribution in [3.8, 4) is 28.5 Å². The van der Waals surface area contributed by atoms with E-state index in [0.29, 0.717) is 23.7 Å². The summed E-state index contributed by atoms with van der Waals surface area (Å²) in [6.07, 6.45) is 1.59. The summed E-state index contributed by atoms with van der Waals surface area (Å²) in [7, 11) is 1.60. The van der Waals surface area contributed by atoms with Gasteiger partial charge in [0.15, 0.2) is 0 Å². The number of rotatable bonds is 9. The lowest BCUT2D eigenvalue weighted by Gasteiger charge is -2.12. The number of nitrogens with one attached hydrogen (secondary N) is 1. The number of carbonyl (C=O) groups excluding carboxylic acids is 1. The molecule has 0 aliphatic heterocycles. The van der Waals surface area contributed by atoms with Gasteiger partial charge in [-0.2, -0.15) is 5.26 Å². The number of anilines is 1. The molecule has 8 nitrogen and oxygen atoms in total. The number of methoxy groups -OCH3 is 1. The third kappa shape index (κ3) is 5.67. The zero-order valence-corrected chi connectivity index (χ0v) is 19.3. The maximum Gasteiger partial charge on any atom is 0.302 e. The first-order valence-corrected chi connectivity index (χ1v) is 11.5. The molecule has 0 radical (unpaired) electrons. The molecule has 0 aliphatic carbocycles. The summed E-state index contributed by atoms with van der Waals surface area (Å²) in [5.41, 5.74) is 3.77. The van der Waals surface area contributed by atoms with Crippen molar-refractivity contribution >= 4 is 23.6 Å². The maximum absolute atomic E-state index is 12.6. The minimum absolute atomic E-state index is 0.0485. The van der Waals surface area contributed by atoms with Crippen LogP contribution in [0.5, 0.6) is 0 Å². The summed E-state index contributed by atoms with van der Waals surface area (Å²) in [6, 6.07) is 23.6. The first kappa shape index (κ1) is 23.2. The average molecular weight is 473 g/mol. The number of thioether (sulfide) groups is 1. The minimum atomic E-state index is -0.294. The van der Waals surface area contributed by atoms with Crippen LogP contribution in [0, 0.1) is 11.3 Å². The first-order chi connectivity index (χ1) is 16.7. The molecule has 0 atom stereocenters. The lowest BCUT2D eigenvalue weighted by molar-refractivity contribution is -0.763. The van der Waals surface area contributed by atoms with Crippen molar-refractivity contribution in [2.45, 2.75) is 11.6 Å². The van der Waals surface area contributed by atoms with E-state index in [1.165, 1.54) is 16.4 Å². The summed E-state index contributed by atoms with van der Waals surface area (Å²) in [5.74, 6) is -0.0114. The lowest BCUT2D eigenvalue weighted by atomic mass is 9.99. The maximum atomic E-state index is 12.6. The molecule has 2 aromatic heterocycles. The van der Waals surface area contributed by atoms with Gasteiger partial charge in [0.2, 0.25) is 17.7 Å². The predicted molar refractivity (Wildman–Crippen MR) is 128 cm³/mol. The number of hydrogen-bond donors (Lipinski definition) is 1. The highest BCUT2D eigenvalue weighted by atomic mass is 32.2. The molecule has 2 heterocycles. The second-order valence-corrected chi connectivity index (χ2v) is 8.20. The van der Waals surface area contributed by atoms with Crippen molar-refractivity contribution in [3.63, 3.8) is 0 Å². The molecular formula is C25H22N5O3S+. The summed E-state index contributed by atoms with van der Waals surface area (Å²) in [5, 5.41) is 17.0. The Hall–Kier alpha value is -4.00. The molecule has 0 fully saturated rings. The standard InChI is InChI=1S/C25H21N5O3S/c1-32-13-12-30-16-24(33-29-30)28-23(31)17-34-25-21(15-26)20(18-8-4-2-5-9-18)14-22(27-25)19-10-6-3-7-11-19/h2-11,14,16H,12-13,17H2,1H3/p+1. The van der Waals surface area contributed by atoms with Crippen LogP contribution in [0.2, 0.25) is 0 Å². The van der Waals surface area contributed by atoms with Gasteiger partial charge in [-0.25, -0.2) is 4.98 Å². The van der Waals surface area contributed by atoms with Gasteiger partial charge in [0.1, 0.15) is 17.7 Å². The van der Waals surface area contributed by atoms with Crippen molar-refractivity contribution in [3.05, 3.63) is 78.5 Å². The Kier molecular flexibility index (Phi) is 7.65. The fourth-order valence-corrected chi connectivity index (χ4v) is 4.07. The third-order valence-electron chi connectivity index (χ3n) is 4.89. The van der Waals surface area contributed by atoms with E-state index in [9.17, 15) is 10.1 Å². The van der Waals surface area contributed by atoms with E-state index in [2.05, 4.69) is 16.7 Å². The second-order valence-electron chi connectivity index (χ2n) is 7.24. The Morgan fingerprint density at radius 1 is 1.15 bits per heavy atom. The monoisotopic (exact) mass is 472 g/mol. The summed E-state index contributed by atoms with van der Waals surface area (Å²) < 4.78 is 11.7. The number of benzene rings is 2. The zero-order chi connectivity index (χ0) is 23.8. The fraction of sp³-hybridized carbons (Fsp3) is 0.160. The van der Waals surface area contributed by atoms with Gasteiger partial charge >= 0.3 is 5.88 Å². The van der Waals surface area contributed by atoms with Crippen LogP contribution < -0.4 is 10.00 Å². The molecule has 170 valence electrons. The second kappa shape index (κ2) is 11.2. The van der Waals surface area contributed by atoms with E-state index in [-0.39, 0.29) is 17.5 Å². The summed E-state index contributed by atoms with van der Waals surface area (Å²) in [6.45, 7) is 0.985. The van der Waals surface area contributed by atoms with Crippen molar-refractivity contribution < 1.29 is 18.7 Å². The molecule has 0 saturated carbocycles. The Morgan fingerprint density at radius 3 is 2.53 bits per heavy atom. The van der Waals surface area contributed by atoms with Crippen molar-refractivity contribution in [1.82, 2.24) is 10.3 Å². The van der Waals surface area contributed by atoms with Crippen molar-refractivity contribution in [2.75, 3.05) is 24.8 Å².